The van der Waals surface area contributed by atoms with Gasteiger partial charge in [0.2, 0.25) is 0 Å². The topological polar surface area (TPSA) is 40.5 Å². The zero-order chi connectivity index (χ0) is 12.2. The van der Waals surface area contributed by atoms with Gasteiger partial charge in [-0.05, 0) is 24.3 Å². The van der Waals surface area contributed by atoms with Crippen LogP contribution in [0.1, 0.15) is 5.69 Å². The first-order valence-electron chi connectivity index (χ1n) is 5.95. The van der Waals surface area contributed by atoms with E-state index in [1.54, 1.807) is 0 Å². The van der Waals surface area contributed by atoms with Crippen LogP contribution in [0, 0.1) is 0 Å². The lowest BCUT2D eigenvalue weighted by Gasteiger charge is -2.18. The number of nitrogens with one attached hydrogen (secondary N) is 1. The molecule has 0 unspecified atom stereocenters. The minimum atomic E-state index is 0.714. The summed E-state index contributed by atoms with van der Waals surface area (Å²) in [6.07, 6.45) is 2.55. The molecule has 0 saturated carbocycles. The molecule has 0 fully saturated rings. The monoisotopic (exact) mass is 238 g/mol. The maximum absolute atomic E-state index is 4.34. The number of pyridine rings is 1. The Bertz CT molecular complexity index is 536. The highest BCUT2D eigenvalue weighted by Gasteiger charge is 2.18. The van der Waals surface area contributed by atoms with E-state index < -0.39 is 0 Å². The standard InChI is InChI=1S/C14H14N4/c1-2-7-13(8-3-1)18-11-16-17-14(18)10-12-6-4-5-9-15-12/h1-9,16H,10-11H2. The van der Waals surface area contributed by atoms with Crippen LogP contribution in [0.3, 0.4) is 0 Å². The summed E-state index contributed by atoms with van der Waals surface area (Å²) < 4.78 is 0. The Labute approximate surface area is 106 Å². The Morgan fingerprint density at radius 3 is 2.67 bits per heavy atom. The highest BCUT2D eigenvalue weighted by Crippen LogP contribution is 2.16. The van der Waals surface area contributed by atoms with Crippen molar-refractivity contribution >= 4 is 11.5 Å². The molecule has 1 aromatic carbocycles. The molecule has 1 aliphatic heterocycles. The molecule has 1 N–H and O–H groups in total. The van der Waals surface area contributed by atoms with Crippen molar-refractivity contribution in [1.82, 2.24) is 10.4 Å². The number of hydrogen-bond donors (Lipinski definition) is 1. The second-order valence-electron chi connectivity index (χ2n) is 4.11. The van der Waals surface area contributed by atoms with Crippen molar-refractivity contribution in [3.05, 3.63) is 60.4 Å². The lowest BCUT2D eigenvalue weighted by molar-refractivity contribution is 0.807. The van der Waals surface area contributed by atoms with Crippen LogP contribution < -0.4 is 10.3 Å². The first-order chi connectivity index (χ1) is 8.93. The molecule has 1 aromatic heterocycles. The molecule has 2 heterocycles. The molecule has 0 aliphatic carbocycles. The molecular weight excluding hydrogens is 224 g/mol. The fourth-order valence-electron chi connectivity index (χ4n) is 2.00. The zero-order valence-corrected chi connectivity index (χ0v) is 9.95. The van der Waals surface area contributed by atoms with E-state index in [-0.39, 0.29) is 0 Å². The van der Waals surface area contributed by atoms with Gasteiger partial charge in [0.25, 0.3) is 0 Å². The highest BCUT2D eigenvalue weighted by molar-refractivity contribution is 5.99. The van der Waals surface area contributed by atoms with Gasteiger partial charge in [-0.25, -0.2) is 0 Å². The predicted octanol–water partition coefficient (Wildman–Crippen LogP) is 2.00. The summed E-state index contributed by atoms with van der Waals surface area (Å²) in [5.74, 6) is 1.000. The molecule has 0 atom stereocenters. The minimum absolute atomic E-state index is 0.714. The third-order valence-electron chi connectivity index (χ3n) is 2.88. The van der Waals surface area contributed by atoms with Crippen molar-refractivity contribution in [2.45, 2.75) is 6.42 Å². The van der Waals surface area contributed by atoms with Crippen molar-refractivity contribution in [1.29, 1.82) is 0 Å². The normalized spacial score (nSPS) is 14.2. The SMILES string of the molecule is c1ccc(N2CNN=C2Cc2ccccn2)cc1. The fourth-order valence-corrected chi connectivity index (χ4v) is 2.00. The van der Waals surface area contributed by atoms with Crippen LogP contribution >= 0.6 is 0 Å². The van der Waals surface area contributed by atoms with Crippen LogP contribution in [0.4, 0.5) is 5.69 Å². The molecule has 4 nitrogen and oxygen atoms in total. The van der Waals surface area contributed by atoms with Gasteiger partial charge in [-0.15, -0.1) is 0 Å². The lowest BCUT2D eigenvalue weighted by atomic mass is 10.2. The number of hydrogen-bond acceptors (Lipinski definition) is 4. The summed E-state index contributed by atoms with van der Waals surface area (Å²) in [4.78, 5) is 6.50. The predicted molar refractivity (Wildman–Crippen MR) is 72.3 cm³/mol. The highest BCUT2D eigenvalue weighted by atomic mass is 15.5. The Morgan fingerprint density at radius 1 is 1.06 bits per heavy atom. The van der Waals surface area contributed by atoms with Gasteiger partial charge >= 0.3 is 0 Å². The number of nitrogens with zero attached hydrogens (tertiary/aromatic N) is 3. The number of aromatic nitrogens is 1. The minimum Gasteiger partial charge on any atom is -0.309 e. The maximum Gasteiger partial charge on any atom is 0.136 e. The first-order valence-corrected chi connectivity index (χ1v) is 5.95. The van der Waals surface area contributed by atoms with Gasteiger partial charge in [0.05, 0.1) is 6.42 Å². The maximum atomic E-state index is 4.34. The van der Waals surface area contributed by atoms with E-state index in [1.807, 2.05) is 42.6 Å². The first kappa shape index (κ1) is 10.8. The molecule has 0 amide bonds. The average molecular weight is 238 g/mol. The van der Waals surface area contributed by atoms with Crippen LogP contribution in [0.25, 0.3) is 0 Å². The van der Waals surface area contributed by atoms with Crippen LogP contribution in [-0.2, 0) is 6.42 Å². The molecule has 4 heteroatoms. The quantitative estimate of drug-likeness (QED) is 0.889. The van der Waals surface area contributed by atoms with E-state index in [0.29, 0.717) is 6.67 Å². The fraction of sp³-hybridized carbons (Fsp3) is 0.143. The number of hydrazone groups is 1. The van der Waals surface area contributed by atoms with Gasteiger partial charge in [0.1, 0.15) is 12.5 Å². The third kappa shape index (κ3) is 2.18. The van der Waals surface area contributed by atoms with Crippen molar-refractivity contribution in [2.24, 2.45) is 5.10 Å². The lowest BCUT2D eigenvalue weighted by Crippen LogP contribution is -2.30. The Hall–Kier alpha value is -2.36. The van der Waals surface area contributed by atoms with E-state index in [0.717, 1.165) is 23.6 Å². The molecule has 0 spiro atoms. The summed E-state index contributed by atoms with van der Waals surface area (Å²) in [6.45, 7) is 0.714. The number of para-hydroxylation sites is 1. The van der Waals surface area contributed by atoms with Crippen molar-refractivity contribution < 1.29 is 0 Å². The number of benzene rings is 1. The number of rotatable bonds is 3. The molecule has 0 bridgehead atoms. The van der Waals surface area contributed by atoms with Crippen molar-refractivity contribution in [2.75, 3.05) is 11.6 Å². The van der Waals surface area contributed by atoms with Gasteiger partial charge in [0.15, 0.2) is 0 Å². The van der Waals surface area contributed by atoms with Crippen LogP contribution in [0.15, 0.2) is 59.8 Å². The largest absolute Gasteiger partial charge is 0.309 e. The molecule has 0 radical (unpaired) electrons. The van der Waals surface area contributed by atoms with Gasteiger partial charge in [0, 0.05) is 17.6 Å². The van der Waals surface area contributed by atoms with E-state index in [4.69, 9.17) is 0 Å². The number of anilines is 1. The Balaban J connectivity index is 1.80. The molecule has 90 valence electrons. The second-order valence-corrected chi connectivity index (χ2v) is 4.11. The summed E-state index contributed by atoms with van der Waals surface area (Å²) in [7, 11) is 0. The second kappa shape index (κ2) is 4.87. The molecule has 1 aliphatic rings. The molecule has 0 saturated heterocycles. The van der Waals surface area contributed by atoms with Gasteiger partial charge in [-0.1, -0.05) is 24.3 Å². The summed E-state index contributed by atoms with van der Waals surface area (Å²) >= 11 is 0. The Kier molecular flexibility index (Phi) is 2.92. The van der Waals surface area contributed by atoms with Crippen LogP contribution in [0.5, 0.6) is 0 Å². The van der Waals surface area contributed by atoms with Gasteiger partial charge in [-0.2, -0.15) is 5.10 Å². The molecule has 2 aromatic rings. The van der Waals surface area contributed by atoms with Gasteiger partial charge in [-0.3, -0.25) is 10.4 Å². The van der Waals surface area contributed by atoms with Crippen LogP contribution in [-0.4, -0.2) is 17.5 Å². The van der Waals surface area contributed by atoms with E-state index in [2.05, 4.69) is 32.5 Å². The molecule has 18 heavy (non-hydrogen) atoms. The zero-order valence-electron chi connectivity index (χ0n) is 9.95. The smallest absolute Gasteiger partial charge is 0.136 e. The number of amidine groups is 1. The summed E-state index contributed by atoms with van der Waals surface area (Å²) in [5, 5.41) is 4.34. The van der Waals surface area contributed by atoms with Gasteiger partial charge < -0.3 is 4.90 Å². The van der Waals surface area contributed by atoms with E-state index in [1.165, 1.54) is 0 Å². The molecular formula is C14H14N4. The third-order valence-corrected chi connectivity index (χ3v) is 2.88. The average Bonchev–Trinajstić information content (AvgIpc) is 2.89. The Morgan fingerprint density at radius 2 is 1.89 bits per heavy atom. The van der Waals surface area contributed by atoms with Crippen molar-refractivity contribution in [3.8, 4) is 0 Å². The van der Waals surface area contributed by atoms with Crippen LogP contribution in [0.2, 0.25) is 0 Å². The van der Waals surface area contributed by atoms with E-state index in [9.17, 15) is 0 Å². The van der Waals surface area contributed by atoms with E-state index >= 15 is 0 Å². The summed E-state index contributed by atoms with van der Waals surface area (Å²) in [6, 6.07) is 16.2. The van der Waals surface area contributed by atoms with Crippen molar-refractivity contribution in [3.63, 3.8) is 0 Å². The molecule has 3 rings (SSSR count). The summed E-state index contributed by atoms with van der Waals surface area (Å²) in [5.41, 5.74) is 5.21.